The molecule has 28 heavy (non-hydrogen) atoms. The second-order valence-electron chi connectivity index (χ2n) is 6.45. The van der Waals surface area contributed by atoms with E-state index in [-0.39, 0.29) is 5.56 Å². The lowest BCUT2D eigenvalue weighted by Gasteiger charge is -2.01. The van der Waals surface area contributed by atoms with Crippen LogP contribution in [0.2, 0.25) is 0 Å². The van der Waals surface area contributed by atoms with Gasteiger partial charge < -0.3 is 14.3 Å². The van der Waals surface area contributed by atoms with E-state index < -0.39 is 11.9 Å². The van der Waals surface area contributed by atoms with Gasteiger partial charge in [-0.25, -0.2) is 9.59 Å². The smallest absolute Gasteiger partial charge is 0.343 e. The van der Waals surface area contributed by atoms with Gasteiger partial charge in [0.15, 0.2) is 0 Å². The van der Waals surface area contributed by atoms with Crippen LogP contribution in [0.25, 0.3) is 23.2 Å². The Morgan fingerprint density at radius 3 is 2.54 bits per heavy atom. The molecule has 0 atom stereocenters. The van der Waals surface area contributed by atoms with Gasteiger partial charge in [-0.3, -0.25) is 0 Å². The number of benzene rings is 2. The lowest BCUT2D eigenvalue weighted by Crippen LogP contribution is -1.97. The van der Waals surface area contributed by atoms with Crippen molar-refractivity contribution in [3.63, 3.8) is 0 Å². The molecule has 2 aromatic carbocycles. The molecule has 0 aliphatic carbocycles. The number of esters is 1. The first kappa shape index (κ1) is 17.5. The number of carbonyl (C=O) groups excluding carboxylic acids is 1. The van der Waals surface area contributed by atoms with Gasteiger partial charge in [-0.2, -0.15) is 0 Å². The Morgan fingerprint density at radius 1 is 1.00 bits per heavy atom. The van der Waals surface area contributed by atoms with Gasteiger partial charge >= 0.3 is 11.9 Å². The summed E-state index contributed by atoms with van der Waals surface area (Å²) in [6.07, 6.45) is 3.29. The van der Waals surface area contributed by atoms with Crippen molar-refractivity contribution >= 4 is 23.8 Å². The number of rotatable bonds is 4. The van der Waals surface area contributed by atoms with Gasteiger partial charge in [0, 0.05) is 11.1 Å². The third-order valence-corrected chi connectivity index (χ3v) is 4.38. The van der Waals surface area contributed by atoms with Crippen molar-refractivity contribution in [1.29, 1.82) is 0 Å². The fourth-order valence-corrected chi connectivity index (χ4v) is 2.89. The molecule has 5 heteroatoms. The Kier molecular flexibility index (Phi) is 4.41. The van der Waals surface area contributed by atoms with Crippen molar-refractivity contribution in [1.82, 2.24) is 0 Å². The number of aryl methyl sites for hydroxylation is 1. The van der Waals surface area contributed by atoms with E-state index in [4.69, 9.17) is 14.3 Å². The number of carboxylic acids is 1. The van der Waals surface area contributed by atoms with Crippen molar-refractivity contribution in [2.24, 2.45) is 0 Å². The predicted molar refractivity (Wildman–Crippen MR) is 104 cm³/mol. The minimum Gasteiger partial charge on any atom is -0.478 e. The molecule has 1 aromatic heterocycles. The van der Waals surface area contributed by atoms with Crippen LogP contribution in [0, 0.1) is 6.92 Å². The lowest BCUT2D eigenvalue weighted by molar-refractivity contribution is -0.130. The van der Waals surface area contributed by atoms with Crippen molar-refractivity contribution in [2.75, 3.05) is 0 Å². The highest BCUT2D eigenvalue weighted by molar-refractivity contribution is 6.04. The standard InChI is InChI=1S/C23H16O5/c1-14-5-7-15(8-6-14)21-13-18(23(26)28-21)12-19-9-10-20(27-19)16-3-2-4-17(11-16)22(24)25/h2-13H,1H3,(H,24,25)/b18-12-. The highest BCUT2D eigenvalue weighted by Crippen LogP contribution is 2.29. The zero-order valence-electron chi connectivity index (χ0n) is 15.0. The SMILES string of the molecule is Cc1ccc(C2=C/C(=C/c3ccc(-c4cccc(C(=O)O)c4)o3)C(=O)O2)cc1. The van der Waals surface area contributed by atoms with Gasteiger partial charge in [0.2, 0.25) is 0 Å². The molecule has 3 aromatic rings. The number of carbonyl (C=O) groups is 2. The van der Waals surface area contributed by atoms with Crippen LogP contribution in [0.15, 0.2) is 76.7 Å². The molecule has 0 saturated carbocycles. The molecule has 2 heterocycles. The summed E-state index contributed by atoms with van der Waals surface area (Å²) in [6, 6.07) is 17.6. The first-order valence-electron chi connectivity index (χ1n) is 8.66. The monoisotopic (exact) mass is 372 g/mol. The summed E-state index contributed by atoms with van der Waals surface area (Å²) in [4.78, 5) is 23.3. The van der Waals surface area contributed by atoms with E-state index in [1.165, 1.54) is 12.1 Å². The molecule has 1 aliphatic heterocycles. The van der Waals surface area contributed by atoms with E-state index in [2.05, 4.69) is 0 Å². The van der Waals surface area contributed by atoms with Gasteiger partial charge in [-0.05, 0) is 43.3 Å². The highest BCUT2D eigenvalue weighted by atomic mass is 16.5. The van der Waals surface area contributed by atoms with Crippen LogP contribution in [0.4, 0.5) is 0 Å². The minimum atomic E-state index is -1.00. The topological polar surface area (TPSA) is 76.7 Å². The molecule has 0 bridgehead atoms. The maximum atomic E-state index is 12.2. The van der Waals surface area contributed by atoms with E-state index in [1.807, 2.05) is 31.2 Å². The maximum absolute atomic E-state index is 12.2. The molecule has 0 saturated heterocycles. The summed E-state index contributed by atoms with van der Waals surface area (Å²) >= 11 is 0. The molecular formula is C23H16O5. The lowest BCUT2D eigenvalue weighted by atomic mass is 10.1. The fourth-order valence-electron chi connectivity index (χ4n) is 2.89. The average Bonchev–Trinajstić information content (AvgIpc) is 3.30. The fraction of sp³-hybridized carbons (Fsp3) is 0.0435. The summed E-state index contributed by atoms with van der Waals surface area (Å²) in [5, 5.41) is 9.12. The summed E-state index contributed by atoms with van der Waals surface area (Å²) in [5.74, 6) is 0.0462. The second kappa shape index (κ2) is 7.04. The number of ether oxygens (including phenoxy) is 1. The first-order chi connectivity index (χ1) is 13.5. The first-order valence-corrected chi connectivity index (χ1v) is 8.66. The molecule has 4 rings (SSSR count). The van der Waals surface area contributed by atoms with Gasteiger partial charge in [0.25, 0.3) is 0 Å². The Balaban J connectivity index is 1.61. The summed E-state index contributed by atoms with van der Waals surface area (Å²) in [7, 11) is 0. The van der Waals surface area contributed by atoms with Crippen molar-refractivity contribution < 1.29 is 23.8 Å². The predicted octanol–water partition coefficient (Wildman–Crippen LogP) is 4.93. The summed E-state index contributed by atoms with van der Waals surface area (Å²) in [6.45, 7) is 1.99. The summed E-state index contributed by atoms with van der Waals surface area (Å²) < 4.78 is 11.1. The molecule has 0 fully saturated rings. The third kappa shape index (κ3) is 3.50. The van der Waals surface area contributed by atoms with E-state index in [0.29, 0.717) is 28.4 Å². The average molecular weight is 372 g/mol. The van der Waals surface area contributed by atoms with Crippen LogP contribution in [-0.4, -0.2) is 17.0 Å². The zero-order chi connectivity index (χ0) is 19.7. The van der Waals surface area contributed by atoms with Gasteiger partial charge in [-0.15, -0.1) is 0 Å². The molecule has 0 spiro atoms. The van der Waals surface area contributed by atoms with Crippen LogP contribution in [0.5, 0.6) is 0 Å². The van der Waals surface area contributed by atoms with Crippen LogP contribution in [0.3, 0.4) is 0 Å². The third-order valence-electron chi connectivity index (χ3n) is 4.38. The minimum absolute atomic E-state index is 0.179. The number of hydrogen-bond acceptors (Lipinski definition) is 4. The number of carboxylic acid groups (broad SMARTS) is 1. The van der Waals surface area contributed by atoms with Gasteiger partial charge in [0.05, 0.1) is 11.1 Å². The number of aromatic carboxylic acids is 1. The van der Waals surface area contributed by atoms with E-state index in [9.17, 15) is 9.59 Å². The Hall–Kier alpha value is -3.86. The molecule has 0 unspecified atom stereocenters. The molecule has 138 valence electrons. The molecule has 5 nitrogen and oxygen atoms in total. The number of cyclic esters (lactones) is 1. The molecule has 0 amide bonds. The van der Waals surface area contributed by atoms with Crippen molar-refractivity contribution in [3.05, 3.63) is 94.8 Å². The van der Waals surface area contributed by atoms with Crippen molar-refractivity contribution in [2.45, 2.75) is 6.92 Å². The highest BCUT2D eigenvalue weighted by Gasteiger charge is 2.22. The number of furan rings is 1. The Bertz CT molecular complexity index is 1130. The van der Waals surface area contributed by atoms with E-state index >= 15 is 0 Å². The second-order valence-corrected chi connectivity index (χ2v) is 6.45. The zero-order valence-corrected chi connectivity index (χ0v) is 15.0. The molecule has 0 radical (unpaired) electrons. The van der Waals surface area contributed by atoms with Crippen LogP contribution in [0.1, 0.15) is 27.2 Å². The normalized spacial score (nSPS) is 14.8. The largest absolute Gasteiger partial charge is 0.478 e. The van der Waals surface area contributed by atoms with Crippen LogP contribution < -0.4 is 0 Å². The summed E-state index contributed by atoms with van der Waals surface area (Å²) in [5.41, 5.74) is 3.16. The molecule has 1 N–H and O–H groups in total. The Morgan fingerprint density at radius 2 is 1.79 bits per heavy atom. The van der Waals surface area contributed by atoms with E-state index in [1.54, 1.807) is 36.4 Å². The van der Waals surface area contributed by atoms with E-state index in [0.717, 1.165) is 11.1 Å². The van der Waals surface area contributed by atoms with Crippen LogP contribution >= 0.6 is 0 Å². The molecular weight excluding hydrogens is 356 g/mol. The van der Waals surface area contributed by atoms with Gasteiger partial charge in [-0.1, -0.05) is 42.0 Å². The quantitative estimate of drug-likeness (QED) is 0.519. The Labute approximate surface area is 161 Å². The number of hydrogen-bond donors (Lipinski definition) is 1. The maximum Gasteiger partial charge on any atom is 0.343 e. The van der Waals surface area contributed by atoms with Crippen LogP contribution in [-0.2, 0) is 9.53 Å². The molecule has 1 aliphatic rings. The van der Waals surface area contributed by atoms with Gasteiger partial charge in [0.1, 0.15) is 17.3 Å². The van der Waals surface area contributed by atoms with Crippen molar-refractivity contribution in [3.8, 4) is 11.3 Å².